The first-order valence-electron chi connectivity index (χ1n) is 6.14. The fourth-order valence-corrected chi connectivity index (χ4v) is 1.95. The lowest BCUT2D eigenvalue weighted by molar-refractivity contribution is 0.140. The minimum atomic E-state index is -0.110. The summed E-state index contributed by atoms with van der Waals surface area (Å²) in [5.41, 5.74) is 5.86. The maximum Gasteiger partial charge on any atom is 0.216 e. The first-order chi connectivity index (χ1) is 9.20. The monoisotopic (exact) mass is 264 g/mol. The van der Waals surface area contributed by atoms with Crippen molar-refractivity contribution < 1.29 is 13.9 Å². The maximum atomic E-state index is 5.86. The van der Waals surface area contributed by atoms with Crippen molar-refractivity contribution in [2.45, 2.75) is 25.6 Å². The SMILES string of the molecule is Cc1cnc(Cn2cc(O[C@@H]3COC[C@@H]3N)cn2)o1. The highest BCUT2D eigenvalue weighted by atomic mass is 16.5. The van der Waals surface area contributed by atoms with E-state index in [1.54, 1.807) is 23.3 Å². The highest BCUT2D eigenvalue weighted by molar-refractivity contribution is 5.13. The lowest BCUT2D eigenvalue weighted by atomic mass is 10.2. The molecule has 3 heterocycles. The first-order valence-corrected chi connectivity index (χ1v) is 6.14. The zero-order chi connectivity index (χ0) is 13.2. The number of ether oxygens (including phenoxy) is 2. The van der Waals surface area contributed by atoms with Crippen LogP contribution in [0.15, 0.2) is 23.0 Å². The van der Waals surface area contributed by atoms with Crippen molar-refractivity contribution in [3.63, 3.8) is 0 Å². The van der Waals surface area contributed by atoms with Gasteiger partial charge in [-0.1, -0.05) is 0 Å². The Hall–Kier alpha value is -1.86. The van der Waals surface area contributed by atoms with Gasteiger partial charge in [-0.15, -0.1) is 0 Å². The minimum absolute atomic E-state index is 0.0854. The third-order valence-corrected chi connectivity index (χ3v) is 2.93. The second-order valence-corrected chi connectivity index (χ2v) is 4.60. The molecule has 0 radical (unpaired) electrons. The fraction of sp³-hybridized carbons (Fsp3) is 0.500. The van der Waals surface area contributed by atoms with Crippen LogP contribution in [0.25, 0.3) is 0 Å². The van der Waals surface area contributed by atoms with Gasteiger partial charge in [-0.2, -0.15) is 5.10 Å². The number of aryl methyl sites for hydroxylation is 1. The zero-order valence-electron chi connectivity index (χ0n) is 10.7. The van der Waals surface area contributed by atoms with Crippen molar-refractivity contribution in [2.24, 2.45) is 5.73 Å². The molecule has 0 aliphatic carbocycles. The molecule has 1 fully saturated rings. The van der Waals surface area contributed by atoms with E-state index >= 15 is 0 Å². The molecule has 2 atom stereocenters. The van der Waals surface area contributed by atoms with Crippen molar-refractivity contribution in [2.75, 3.05) is 13.2 Å². The van der Waals surface area contributed by atoms with Crippen molar-refractivity contribution in [1.29, 1.82) is 0 Å². The van der Waals surface area contributed by atoms with Gasteiger partial charge in [-0.05, 0) is 6.92 Å². The molecule has 102 valence electrons. The molecule has 1 aliphatic heterocycles. The van der Waals surface area contributed by atoms with Crippen LogP contribution >= 0.6 is 0 Å². The van der Waals surface area contributed by atoms with E-state index in [-0.39, 0.29) is 12.1 Å². The summed E-state index contributed by atoms with van der Waals surface area (Å²) >= 11 is 0. The molecule has 0 saturated carbocycles. The molecule has 1 aliphatic rings. The van der Waals surface area contributed by atoms with Crippen LogP contribution in [-0.2, 0) is 11.3 Å². The van der Waals surface area contributed by atoms with E-state index in [9.17, 15) is 0 Å². The molecule has 0 unspecified atom stereocenters. The molecule has 7 nitrogen and oxygen atoms in total. The first kappa shape index (κ1) is 12.2. The van der Waals surface area contributed by atoms with Gasteiger partial charge in [0.15, 0.2) is 5.75 Å². The Morgan fingerprint density at radius 3 is 3.05 bits per heavy atom. The fourth-order valence-electron chi connectivity index (χ4n) is 1.95. The van der Waals surface area contributed by atoms with Gasteiger partial charge in [0.25, 0.3) is 0 Å². The number of oxazole rings is 1. The molecule has 2 N–H and O–H groups in total. The number of rotatable bonds is 4. The highest BCUT2D eigenvalue weighted by Crippen LogP contribution is 2.16. The summed E-state index contributed by atoms with van der Waals surface area (Å²) in [5.74, 6) is 2.08. The Labute approximate surface area is 110 Å². The van der Waals surface area contributed by atoms with Crippen LogP contribution in [0, 0.1) is 6.92 Å². The van der Waals surface area contributed by atoms with Crippen LogP contribution in [0.1, 0.15) is 11.7 Å². The van der Waals surface area contributed by atoms with Crippen molar-refractivity contribution in [3.8, 4) is 5.75 Å². The Bertz CT molecular complexity index is 551. The molecule has 7 heteroatoms. The summed E-state index contributed by atoms with van der Waals surface area (Å²) in [6.45, 7) is 3.39. The highest BCUT2D eigenvalue weighted by Gasteiger charge is 2.26. The van der Waals surface area contributed by atoms with Gasteiger partial charge in [-0.25, -0.2) is 4.98 Å². The molecule has 3 rings (SSSR count). The summed E-state index contributed by atoms with van der Waals surface area (Å²) in [6, 6.07) is -0.0854. The normalized spacial score (nSPS) is 22.8. The number of hydrogen-bond acceptors (Lipinski definition) is 6. The van der Waals surface area contributed by atoms with E-state index in [4.69, 9.17) is 19.6 Å². The summed E-state index contributed by atoms with van der Waals surface area (Å²) < 4.78 is 18.1. The predicted molar refractivity (Wildman–Crippen MR) is 65.8 cm³/mol. The number of nitrogens with zero attached hydrogens (tertiary/aromatic N) is 3. The average molecular weight is 264 g/mol. The molecule has 19 heavy (non-hydrogen) atoms. The Balaban J connectivity index is 1.63. The van der Waals surface area contributed by atoms with E-state index < -0.39 is 0 Å². The van der Waals surface area contributed by atoms with Gasteiger partial charge in [0.05, 0.1) is 37.8 Å². The molecule has 2 aromatic heterocycles. The van der Waals surface area contributed by atoms with Crippen LogP contribution in [-0.4, -0.2) is 40.1 Å². The third kappa shape index (κ3) is 2.77. The quantitative estimate of drug-likeness (QED) is 0.856. The molecule has 0 aromatic carbocycles. The molecular formula is C12H16N4O3. The Morgan fingerprint density at radius 2 is 2.37 bits per heavy atom. The lowest BCUT2D eigenvalue weighted by Crippen LogP contribution is -2.37. The van der Waals surface area contributed by atoms with Gasteiger partial charge in [0.2, 0.25) is 5.89 Å². The van der Waals surface area contributed by atoms with Crippen LogP contribution in [0.5, 0.6) is 5.75 Å². The van der Waals surface area contributed by atoms with E-state index in [0.29, 0.717) is 31.4 Å². The molecule has 0 bridgehead atoms. The molecular weight excluding hydrogens is 248 g/mol. The number of aromatic nitrogens is 3. The summed E-state index contributed by atoms with van der Waals surface area (Å²) in [6.07, 6.45) is 5.03. The predicted octanol–water partition coefficient (Wildman–Crippen LogP) is 0.333. The third-order valence-electron chi connectivity index (χ3n) is 2.93. The largest absolute Gasteiger partial charge is 0.483 e. The molecule has 1 saturated heterocycles. The smallest absolute Gasteiger partial charge is 0.216 e. The van der Waals surface area contributed by atoms with Crippen LogP contribution in [0.2, 0.25) is 0 Å². The minimum Gasteiger partial charge on any atom is -0.483 e. The summed E-state index contributed by atoms with van der Waals surface area (Å²) in [5, 5.41) is 4.20. The Kier molecular flexibility index (Phi) is 3.22. The van der Waals surface area contributed by atoms with E-state index in [0.717, 1.165) is 5.76 Å². The second kappa shape index (κ2) is 5.02. The van der Waals surface area contributed by atoms with Gasteiger partial charge >= 0.3 is 0 Å². The van der Waals surface area contributed by atoms with Gasteiger partial charge in [0, 0.05) is 0 Å². The van der Waals surface area contributed by atoms with Crippen molar-refractivity contribution >= 4 is 0 Å². The van der Waals surface area contributed by atoms with Crippen molar-refractivity contribution in [1.82, 2.24) is 14.8 Å². The average Bonchev–Trinajstić information content (AvgIpc) is 3.06. The summed E-state index contributed by atoms with van der Waals surface area (Å²) in [4.78, 5) is 4.13. The van der Waals surface area contributed by atoms with E-state index in [1.165, 1.54) is 0 Å². The van der Waals surface area contributed by atoms with Crippen LogP contribution in [0.4, 0.5) is 0 Å². The topological polar surface area (TPSA) is 88.3 Å². The second-order valence-electron chi connectivity index (χ2n) is 4.60. The molecule has 0 spiro atoms. The molecule has 0 amide bonds. The van der Waals surface area contributed by atoms with Gasteiger partial charge < -0.3 is 19.6 Å². The Morgan fingerprint density at radius 1 is 1.47 bits per heavy atom. The lowest BCUT2D eigenvalue weighted by Gasteiger charge is -2.13. The number of nitrogens with two attached hydrogens (primary N) is 1. The maximum absolute atomic E-state index is 5.86. The molecule has 2 aromatic rings. The number of hydrogen-bond donors (Lipinski definition) is 1. The van der Waals surface area contributed by atoms with E-state index in [1.807, 2.05) is 6.92 Å². The van der Waals surface area contributed by atoms with Gasteiger partial charge in [0.1, 0.15) is 18.4 Å². The van der Waals surface area contributed by atoms with E-state index in [2.05, 4.69) is 10.1 Å². The van der Waals surface area contributed by atoms with Crippen LogP contribution < -0.4 is 10.5 Å². The van der Waals surface area contributed by atoms with Crippen LogP contribution in [0.3, 0.4) is 0 Å². The summed E-state index contributed by atoms with van der Waals surface area (Å²) in [7, 11) is 0. The van der Waals surface area contributed by atoms with Gasteiger partial charge in [-0.3, -0.25) is 4.68 Å². The zero-order valence-corrected chi connectivity index (χ0v) is 10.7. The van der Waals surface area contributed by atoms with Crippen molar-refractivity contribution in [3.05, 3.63) is 30.2 Å². The standard InChI is InChI=1S/C12H16N4O3/c1-8-2-14-12(18-8)5-16-4-9(3-15-16)19-11-7-17-6-10(11)13/h2-4,10-11H,5-7,13H2,1H3/t10-,11+/m0/s1.